The maximum atomic E-state index is 6.49. The molecule has 0 radical (unpaired) electrons. The van der Waals surface area contributed by atoms with Crippen LogP contribution in [0.25, 0.3) is 88.8 Å². The largest absolute Gasteiger partial charge is 0.456 e. The topological polar surface area (TPSA) is 64.7 Å². The summed E-state index contributed by atoms with van der Waals surface area (Å²) in [6, 6.07) is 45.7. The van der Waals surface area contributed by atoms with Gasteiger partial charge in [-0.3, -0.25) is 4.98 Å². The summed E-state index contributed by atoms with van der Waals surface area (Å²) in [5.41, 5.74) is 6.37. The first-order chi connectivity index (χ1) is 22.3. The summed E-state index contributed by atoms with van der Waals surface area (Å²) in [6.07, 6.45) is 3.61. The zero-order valence-electron chi connectivity index (χ0n) is 24.1. The van der Waals surface area contributed by atoms with E-state index in [0.29, 0.717) is 17.5 Å². The quantitative estimate of drug-likeness (QED) is 0.195. The van der Waals surface area contributed by atoms with Gasteiger partial charge in [0.2, 0.25) is 0 Å². The van der Waals surface area contributed by atoms with Crippen LogP contribution in [0, 0.1) is 0 Å². The molecule has 0 saturated heterocycles. The predicted molar refractivity (Wildman–Crippen MR) is 182 cm³/mol. The second-order valence-electron chi connectivity index (χ2n) is 11.1. The lowest BCUT2D eigenvalue weighted by molar-refractivity contribution is 0.668. The van der Waals surface area contributed by atoms with Crippen molar-refractivity contribution in [2.75, 3.05) is 0 Å². The molecule has 9 aromatic rings. The highest BCUT2D eigenvalue weighted by Gasteiger charge is 2.20. The lowest BCUT2D eigenvalue weighted by Gasteiger charge is -2.13. The fourth-order valence-corrected chi connectivity index (χ4v) is 6.30. The van der Waals surface area contributed by atoms with E-state index in [1.165, 1.54) is 21.5 Å². The molecule has 0 aliphatic carbocycles. The third-order valence-corrected chi connectivity index (χ3v) is 8.39. The zero-order chi connectivity index (χ0) is 29.7. The van der Waals surface area contributed by atoms with E-state index in [9.17, 15) is 0 Å². The monoisotopic (exact) mass is 576 g/mol. The number of benzene rings is 6. The van der Waals surface area contributed by atoms with Crippen LogP contribution in [0.2, 0.25) is 0 Å². The fraction of sp³-hybridized carbons (Fsp3) is 0. The third kappa shape index (κ3) is 4.25. The number of hydrogen-bond donors (Lipinski definition) is 0. The van der Waals surface area contributed by atoms with Crippen molar-refractivity contribution < 1.29 is 4.42 Å². The van der Waals surface area contributed by atoms with Gasteiger partial charge in [-0.15, -0.1) is 0 Å². The Morgan fingerprint density at radius 3 is 1.78 bits per heavy atom. The second kappa shape index (κ2) is 10.2. The number of pyridine rings is 1. The molecule has 45 heavy (non-hydrogen) atoms. The Morgan fingerprint density at radius 2 is 1.04 bits per heavy atom. The molecule has 0 amide bonds. The van der Waals surface area contributed by atoms with E-state index in [1.54, 1.807) is 6.20 Å². The molecule has 0 atom stereocenters. The summed E-state index contributed by atoms with van der Waals surface area (Å²) >= 11 is 0. The van der Waals surface area contributed by atoms with Crippen LogP contribution in [0.4, 0.5) is 0 Å². The molecule has 0 bridgehead atoms. The second-order valence-corrected chi connectivity index (χ2v) is 11.1. The van der Waals surface area contributed by atoms with Gasteiger partial charge >= 0.3 is 0 Å². The number of furan rings is 1. The van der Waals surface area contributed by atoms with E-state index >= 15 is 0 Å². The molecule has 0 N–H and O–H groups in total. The Hall–Kier alpha value is -6.20. The number of fused-ring (bicyclic) bond motifs is 6. The van der Waals surface area contributed by atoms with Crippen LogP contribution in [0.5, 0.6) is 0 Å². The van der Waals surface area contributed by atoms with Gasteiger partial charge in [0.15, 0.2) is 17.5 Å². The maximum Gasteiger partial charge on any atom is 0.164 e. The standard InChI is InChI=1S/C40H24N4O/c1-3-11-25(12-4-1)38-42-39(26-13-5-2-6-14-26)44-40(43-38)33-22-28(23-36-37(33)34-24-41-20-19-35(34)45-36)32-21-27-15-7-8-16-29(27)30-17-9-10-18-31(30)32/h1-24H. The van der Waals surface area contributed by atoms with Crippen LogP contribution in [0.1, 0.15) is 0 Å². The molecule has 3 heterocycles. The van der Waals surface area contributed by atoms with Crippen molar-refractivity contribution in [2.45, 2.75) is 0 Å². The molecule has 0 unspecified atom stereocenters. The summed E-state index contributed by atoms with van der Waals surface area (Å²) in [6.45, 7) is 0. The Balaban J connectivity index is 1.38. The molecule has 0 aliphatic heterocycles. The van der Waals surface area contributed by atoms with Crippen molar-refractivity contribution >= 4 is 43.5 Å². The highest BCUT2D eigenvalue weighted by atomic mass is 16.3. The Bertz CT molecular complexity index is 2480. The molecule has 6 aromatic carbocycles. The molecule has 210 valence electrons. The zero-order valence-corrected chi connectivity index (χ0v) is 24.1. The van der Waals surface area contributed by atoms with Crippen LogP contribution in [0.15, 0.2) is 150 Å². The van der Waals surface area contributed by atoms with Crippen molar-refractivity contribution in [3.05, 3.63) is 146 Å². The summed E-state index contributed by atoms with van der Waals surface area (Å²) in [7, 11) is 0. The fourth-order valence-electron chi connectivity index (χ4n) is 6.30. The molecule has 0 aliphatic rings. The minimum atomic E-state index is 0.575. The average molecular weight is 577 g/mol. The van der Waals surface area contributed by atoms with E-state index in [1.807, 2.05) is 72.9 Å². The van der Waals surface area contributed by atoms with E-state index in [-0.39, 0.29) is 0 Å². The normalized spacial score (nSPS) is 11.6. The van der Waals surface area contributed by atoms with E-state index in [0.717, 1.165) is 49.8 Å². The van der Waals surface area contributed by atoms with Crippen molar-refractivity contribution in [3.8, 4) is 45.3 Å². The van der Waals surface area contributed by atoms with Crippen molar-refractivity contribution in [1.29, 1.82) is 0 Å². The molecular weight excluding hydrogens is 552 g/mol. The summed E-state index contributed by atoms with van der Waals surface area (Å²) in [5.74, 6) is 1.80. The summed E-state index contributed by atoms with van der Waals surface area (Å²) in [5, 5.41) is 6.63. The molecule has 9 rings (SSSR count). The van der Waals surface area contributed by atoms with Crippen LogP contribution in [-0.2, 0) is 0 Å². The highest BCUT2D eigenvalue weighted by molar-refractivity contribution is 6.17. The highest BCUT2D eigenvalue weighted by Crippen LogP contribution is 2.42. The van der Waals surface area contributed by atoms with E-state index in [2.05, 4.69) is 71.7 Å². The Kier molecular flexibility index (Phi) is 5.74. The van der Waals surface area contributed by atoms with Crippen LogP contribution in [0.3, 0.4) is 0 Å². The minimum Gasteiger partial charge on any atom is -0.456 e. The first-order valence-electron chi connectivity index (χ1n) is 14.9. The molecule has 3 aromatic heterocycles. The van der Waals surface area contributed by atoms with Crippen molar-refractivity contribution in [3.63, 3.8) is 0 Å². The number of hydrogen-bond acceptors (Lipinski definition) is 5. The summed E-state index contributed by atoms with van der Waals surface area (Å²) < 4.78 is 6.49. The van der Waals surface area contributed by atoms with Gasteiger partial charge in [-0.25, -0.2) is 15.0 Å². The average Bonchev–Trinajstić information content (AvgIpc) is 3.50. The first kappa shape index (κ1) is 25.3. The van der Waals surface area contributed by atoms with Gasteiger partial charge in [-0.1, -0.05) is 109 Å². The van der Waals surface area contributed by atoms with Gasteiger partial charge in [0.1, 0.15) is 11.2 Å². The lowest BCUT2D eigenvalue weighted by Crippen LogP contribution is -2.00. The maximum absolute atomic E-state index is 6.49. The Labute approximate surface area is 258 Å². The van der Waals surface area contributed by atoms with E-state index in [4.69, 9.17) is 19.4 Å². The van der Waals surface area contributed by atoms with Gasteiger partial charge in [0.05, 0.1) is 0 Å². The van der Waals surface area contributed by atoms with Gasteiger partial charge in [0.25, 0.3) is 0 Å². The van der Waals surface area contributed by atoms with Gasteiger partial charge in [-0.2, -0.15) is 0 Å². The number of aromatic nitrogens is 4. The van der Waals surface area contributed by atoms with Gasteiger partial charge in [0, 0.05) is 39.9 Å². The SMILES string of the molecule is c1ccc(-c2nc(-c3ccccc3)nc(-c3cc(-c4cc5ccccc5c5ccccc45)cc4oc5ccncc5c34)n2)cc1. The Morgan fingerprint density at radius 1 is 0.422 bits per heavy atom. The molecule has 0 spiro atoms. The molecule has 5 nitrogen and oxygen atoms in total. The number of nitrogens with zero attached hydrogens (tertiary/aromatic N) is 4. The predicted octanol–water partition coefficient (Wildman–Crippen LogP) is 10.1. The molecule has 0 fully saturated rings. The third-order valence-electron chi connectivity index (χ3n) is 8.39. The van der Waals surface area contributed by atoms with Gasteiger partial charge in [-0.05, 0) is 56.9 Å². The van der Waals surface area contributed by atoms with Crippen LogP contribution >= 0.6 is 0 Å². The van der Waals surface area contributed by atoms with Crippen LogP contribution < -0.4 is 0 Å². The summed E-state index contributed by atoms with van der Waals surface area (Å²) in [4.78, 5) is 19.6. The van der Waals surface area contributed by atoms with Crippen molar-refractivity contribution in [2.24, 2.45) is 0 Å². The number of rotatable bonds is 4. The lowest BCUT2D eigenvalue weighted by atomic mass is 9.91. The van der Waals surface area contributed by atoms with Crippen LogP contribution in [-0.4, -0.2) is 19.9 Å². The smallest absolute Gasteiger partial charge is 0.164 e. The first-order valence-corrected chi connectivity index (χ1v) is 14.9. The molecular formula is C40H24N4O. The van der Waals surface area contributed by atoms with E-state index < -0.39 is 0 Å². The van der Waals surface area contributed by atoms with Crippen molar-refractivity contribution in [1.82, 2.24) is 19.9 Å². The minimum absolute atomic E-state index is 0.575. The molecule has 5 heteroatoms. The molecule has 0 saturated carbocycles. The van der Waals surface area contributed by atoms with Gasteiger partial charge < -0.3 is 4.42 Å².